The molecule has 1 heterocycles. The van der Waals surface area contributed by atoms with Crippen molar-refractivity contribution in [2.24, 2.45) is 5.92 Å². The molecule has 1 aromatic carbocycles. The van der Waals surface area contributed by atoms with Gasteiger partial charge in [-0.25, -0.2) is 4.79 Å². The number of aromatic nitrogens is 1. The quantitative estimate of drug-likeness (QED) is 0.826. The van der Waals surface area contributed by atoms with Gasteiger partial charge < -0.3 is 14.6 Å². The predicted molar refractivity (Wildman–Crippen MR) is 76.8 cm³/mol. The Balaban J connectivity index is 1.55. The van der Waals surface area contributed by atoms with Crippen molar-refractivity contribution in [1.29, 1.82) is 0 Å². The van der Waals surface area contributed by atoms with Crippen LogP contribution >= 0.6 is 0 Å². The lowest BCUT2D eigenvalue weighted by Gasteiger charge is -2.18. The van der Waals surface area contributed by atoms with Gasteiger partial charge in [0.05, 0.1) is 12.2 Å². The Labute approximate surface area is 127 Å². The van der Waals surface area contributed by atoms with E-state index in [1.807, 2.05) is 30.3 Å². The number of carbonyl (C=O) groups excluding carboxylic acids is 2. The lowest BCUT2D eigenvalue weighted by molar-refractivity contribution is -0.125. The number of hydrogen-bond acceptors (Lipinski definition) is 5. The first-order valence-electron chi connectivity index (χ1n) is 7.16. The molecule has 6 nitrogen and oxygen atoms in total. The van der Waals surface area contributed by atoms with Crippen molar-refractivity contribution in [2.45, 2.75) is 18.9 Å². The minimum absolute atomic E-state index is 0.0189. The standard InChI is InChI=1S/C16H16N2O4/c19-14(10-21-16(20)13-8-9-17-22-13)18-15(12-6-7-12)11-4-2-1-3-5-11/h1-5,8-9,12,15H,6-7,10H2,(H,18,19). The van der Waals surface area contributed by atoms with Crippen LogP contribution in [0.3, 0.4) is 0 Å². The molecule has 1 unspecified atom stereocenters. The molecule has 0 spiro atoms. The van der Waals surface area contributed by atoms with E-state index in [4.69, 9.17) is 4.74 Å². The average Bonchev–Trinajstić information content (AvgIpc) is 3.24. The zero-order valence-electron chi connectivity index (χ0n) is 11.9. The Hall–Kier alpha value is -2.63. The zero-order chi connectivity index (χ0) is 15.4. The summed E-state index contributed by atoms with van der Waals surface area (Å²) in [5, 5.41) is 6.35. The van der Waals surface area contributed by atoms with Crippen LogP contribution in [0.15, 0.2) is 47.1 Å². The number of benzene rings is 1. The van der Waals surface area contributed by atoms with Gasteiger partial charge in [0.2, 0.25) is 5.76 Å². The molecule has 6 heteroatoms. The Kier molecular flexibility index (Phi) is 4.18. The van der Waals surface area contributed by atoms with E-state index >= 15 is 0 Å². The number of esters is 1. The fraction of sp³-hybridized carbons (Fsp3) is 0.312. The minimum Gasteiger partial charge on any atom is -0.450 e. The van der Waals surface area contributed by atoms with Gasteiger partial charge in [-0.15, -0.1) is 0 Å². The number of rotatable bonds is 6. The predicted octanol–water partition coefficient (Wildman–Crippen LogP) is 2.10. The highest BCUT2D eigenvalue weighted by Crippen LogP contribution is 2.40. The van der Waals surface area contributed by atoms with Crippen LogP contribution in [0.2, 0.25) is 0 Å². The van der Waals surface area contributed by atoms with Crippen LogP contribution in [0, 0.1) is 5.92 Å². The highest BCUT2D eigenvalue weighted by atomic mass is 16.6. The summed E-state index contributed by atoms with van der Waals surface area (Å²) in [5.41, 5.74) is 1.07. The molecular formula is C16H16N2O4. The van der Waals surface area contributed by atoms with E-state index in [0.29, 0.717) is 5.92 Å². The normalized spacial score (nSPS) is 15.1. The molecular weight excluding hydrogens is 284 g/mol. The van der Waals surface area contributed by atoms with Crippen molar-refractivity contribution in [3.63, 3.8) is 0 Å². The van der Waals surface area contributed by atoms with Gasteiger partial charge in [0, 0.05) is 6.07 Å². The molecule has 1 aromatic heterocycles. The number of nitrogens with zero attached hydrogens (tertiary/aromatic N) is 1. The van der Waals surface area contributed by atoms with Gasteiger partial charge in [-0.3, -0.25) is 4.79 Å². The Morgan fingerprint density at radius 1 is 1.27 bits per heavy atom. The third kappa shape index (κ3) is 3.52. The van der Waals surface area contributed by atoms with E-state index in [1.165, 1.54) is 12.3 Å². The Morgan fingerprint density at radius 3 is 2.68 bits per heavy atom. The van der Waals surface area contributed by atoms with E-state index in [9.17, 15) is 9.59 Å². The molecule has 0 radical (unpaired) electrons. The maximum Gasteiger partial charge on any atom is 0.377 e. The van der Waals surface area contributed by atoms with Crippen molar-refractivity contribution < 1.29 is 18.8 Å². The van der Waals surface area contributed by atoms with Gasteiger partial charge in [0.25, 0.3) is 5.91 Å². The lowest BCUT2D eigenvalue weighted by atomic mass is 10.0. The first kappa shape index (κ1) is 14.3. The van der Waals surface area contributed by atoms with Crippen molar-refractivity contribution >= 4 is 11.9 Å². The zero-order valence-corrected chi connectivity index (χ0v) is 11.9. The topological polar surface area (TPSA) is 81.4 Å². The largest absolute Gasteiger partial charge is 0.450 e. The Morgan fingerprint density at radius 2 is 2.05 bits per heavy atom. The van der Waals surface area contributed by atoms with E-state index < -0.39 is 5.97 Å². The molecule has 22 heavy (non-hydrogen) atoms. The third-order valence-electron chi connectivity index (χ3n) is 3.54. The number of amides is 1. The molecule has 114 valence electrons. The highest BCUT2D eigenvalue weighted by molar-refractivity contribution is 5.88. The highest BCUT2D eigenvalue weighted by Gasteiger charge is 2.33. The van der Waals surface area contributed by atoms with Crippen molar-refractivity contribution in [3.8, 4) is 0 Å². The third-order valence-corrected chi connectivity index (χ3v) is 3.54. The summed E-state index contributed by atoms with van der Waals surface area (Å²) < 4.78 is 9.57. The maximum atomic E-state index is 12.0. The molecule has 1 saturated carbocycles. The monoisotopic (exact) mass is 300 g/mol. The molecule has 3 rings (SSSR count). The Bertz CT molecular complexity index is 635. The van der Waals surface area contributed by atoms with Gasteiger partial charge in [-0.2, -0.15) is 0 Å². The summed E-state index contributed by atoms with van der Waals surface area (Å²) in [6.45, 7) is -0.338. The lowest BCUT2D eigenvalue weighted by Crippen LogP contribution is -2.33. The van der Waals surface area contributed by atoms with Gasteiger partial charge >= 0.3 is 5.97 Å². The van der Waals surface area contributed by atoms with E-state index in [-0.39, 0.29) is 24.3 Å². The summed E-state index contributed by atoms with van der Waals surface area (Å²) in [5.74, 6) is -0.588. The fourth-order valence-electron chi connectivity index (χ4n) is 2.30. The number of carbonyl (C=O) groups is 2. The molecule has 0 saturated heterocycles. The summed E-state index contributed by atoms with van der Waals surface area (Å²) in [4.78, 5) is 23.6. The second kappa shape index (κ2) is 6.43. The van der Waals surface area contributed by atoms with Crippen molar-refractivity contribution in [2.75, 3.05) is 6.61 Å². The first-order valence-corrected chi connectivity index (χ1v) is 7.16. The summed E-state index contributed by atoms with van der Waals surface area (Å²) in [7, 11) is 0. The summed E-state index contributed by atoms with van der Waals surface area (Å²) in [6.07, 6.45) is 3.53. The SMILES string of the molecule is O=C(COC(=O)c1ccno1)NC(c1ccccc1)C1CC1. The van der Waals surface area contributed by atoms with Gasteiger partial charge in [0.1, 0.15) is 0 Å². The number of nitrogens with one attached hydrogen (secondary N) is 1. The van der Waals surface area contributed by atoms with E-state index in [0.717, 1.165) is 18.4 Å². The molecule has 1 atom stereocenters. The smallest absolute Gasteiger partial charge is 0.377 e. The van der Waals surface area contributed by atoms with Crippen molar-refractivity contribution in [1.82, 2.24) is 10.5 Å². The molecule has 1 amide bonds. The molecule has 0 aliphatic heterocycles. The molecule has 1 fully saturated rings. The van der Waals surface area contributed by atoms with E-state index in [2.05, 4.69) is 15.0 Å². The van der Waals surface area contributed by atoms with Crippen LogP contribution in [0.25, 0.3) is 0 Å². The fourth-order valence-corrected chi connectivity index (χ4v) is 2.30. The van der Waals surface area contributed by atoms with Gasteiger partial charge in [-0.1, -0.05) is 35.5 Å². The second-order valence-electron chi connectivity index (χ2n) is 5.25. The van der Waals surface area contributed by atoms with Gasteiger partial charge in [0.15, 0.2) is 6.61 Å². The summed E-state index contributed by atoms with van der Waals surface area (Å²) >= 11 is 0. The molecule has 1 aliphatic carbocycles. The van der Waals surface area contributed by atoms with Gasteiger partial charge in [-0.05, 0) is 24.3 Å². The van der Waals surface area contributed by atoms with Crippen LogP contribution in [0.1, 0.15) is 35.0 Å². The maximum absolute atomic E-state index is 12.0. The van der Waals surface area contributed by atoms with Crippen LogP contribution in [-0.2, 0) is 9.53 Å². The molecule has 1 N–H and O–H groups in total. The van der Waals surface area contributed by atoms with E-state index in [1.54, 1.807) is 0 Å². The number of ether oxygens (including phenoxy) is 1. The minimum atomic E-state index is -0.699. The van der Waals surface area contributed by atoms with Crippen LogP contribution in [0.5, 0.6) is 0 Å². The number of hydrogen-bond donors (Lipinski definition) is 1. The van der Waals surface area contributed by atoms with Crippen LogP contribution < -0.4 is 5.32 Å². The molecule has 0 bridgehead atoms. The summed E-state index contributed by atoms with van der Waals surface area (Å²) in [6, 6.07) is 11.2. The first-order chi connectivity index (χ1) is 10.7. The van der Waals surface area contributed by atoms with Crippen LogP contribution in [-0.4, -0.2) is 23.6 Å². The molecule has 1 aliphatic rings. The second-order valence-corrected chi connectivity index (χ2v) is 5.25. The van der Waals surface area contributed by atoms with Crippen molar-refractivity contribution in [3.05, 3.63) is 53.9 Å². The van der Waals surface area contributed by atoms with Crippen LogP contribution in [0.4, 0.5) is 0 Å². The average molecular weight is 300 g/mol. The molecule has 2 aromatic rings.